The quantitative estimate of drug-likeness (QED) is 0.803. The molecule has 1 aromatic carbocycles. The number of hydrogen-bond donors (Lipinski definition) is 1. The van der Waals surface area contributed by atoms with Gasteiger partial charge in [-0.1, -0.05) is 12.1 Å². The highest BCUT2D eigenvalue weighted by Crippen LogP contribution is 2.40. The maximum absolute atomic E-state index is 12.4. The number of alkyl halides is 3. The van der Waals surface area contributed by atoms with Gasteiger partial charge in [0.25, 0.3) is 0 Å². The molecular formula is C11H11F3O. The van der Waals surface area contributed by atoms with Gasteiger partial charge in [0.05, 0.1) is 5.56 Å². The Hall–Kier alpha value is -1.19. The molecule has 4 heteroatoms. The van der Waals surface area contributed by atoms with E-state index in [1.54, 1.807) is 6.07 Å². The number of rotatable bonds is 2. The standard InChI is InChI=1S/C11H11F3O/c12-11(13,14)9-3-1-2-8(10(9)15)6-7-4-5-7/h1-3,7,15H,4-6H2. The lowest BCUT2D eigenvalue weighted by Gasteiger charge is -2.11. The molecular weight excluding hydrogens is 205 g/mol. The number of aromatic hydroxyl groups is 1. The summed E-state index contributed by atoms with van der Waals surface area (Å²) in [6.07, 6.45) is -1.81. The Kier molecular flexibility index (Phi) is 2.37. The summed E-state index contributed by atoms with van der Waals surface area (Å²) in [7, 11) is 0. The van der Waals surface area contributed by atoms with Crippen molar-refractivity contribution in [3.05, 3.63) is 29.3 Å². The molecule has 0 saturated heterocycles. The van der Waals surface area contributed by atoms with Crippen LogP contribution in [0, 0.1) is 5.92 Å². The molecule has 1 saturated carbocycles. The Bertz CT molecular complexity index is 367. The second-order valence-corrected chi connectivity index (χ2v) is 3.96. The summed E-state index contributed by atoms with van der Waals surface area (Å²) in [5.41, 5.74) is -0.520. The molecule has 0 aliphatic heterocycles. The molecule has 1 fully saturated rings. The third-order valence-corrected chi connectivity index (χ3v) is 2.63. The van der Waals surface area contributed by atoms with Gasteiger partial charge >= 0.3 is 6.18 Å². The molecule has 82 valence electrons. The molecule has 15 heavy (non-hydrogen) atoms. The number of benzene rings is 1. The monoisotopic (exact) mass is 216 g/mol. The molecule has 0 bridgehead atoms. The van der Waals surface area contributed by atoms with Crippen LogP contribution in [-0.2, 0) is 12.6 Å². The van der Waals surface area contributed by atoms with E-state index in [1.807, 2.05) is 0 Å². The number of phenolic OH excluding ortho intramolecular Hbond substituents is 1. The van der Waals surface area contributed by atoms with Crippen molar-refractivity contribution in [3.8, 4) is 5.75 Å². The molecule has 1 aliphatic carbocycles. The van der Waals surface area contributed by atoms with Crippen molar-refractivity contribution in [1.29, 1.82) is 0 Å². The highest BCUT2D eigenvalue weighted by molar-refractivity contribution is 5.42. The van der Waals surface area contributed by atoms with Crippen molar-refractivity contribution in [3.63, 3.8) is 0 Å². The van der Waals surface area contributed by atoms with Crippen LogP contribution in [0.3, 0.4) is 0 Å². The highest BCUT2D eigenvalue weighted by atomic mass is 19.4. The fourth-order valence-corrected chi connectivity index (χ4v) is 1.62. The van der Waals surface area contributed by atoms with Crippen LogP contribution in [0.1, 0.15) is 24.0 Å². The highest BCUT2D eigenvalue weighted by Gasteiger charge is 2.35. The summed E-state index contributed by atoms with van der Waals surface area (Å²) >= 11 is 0. The van der Waals surface area contributed by atoms with E-state index in [2.05, 4.69) is 0 Å². The lowest BCUT2D eigenvalue weighted by molar-refractivity contribution is -0.138. The smallest absolute Gasteiger partial charge is 0.419 e. The Morgan fingerprint density at radius 1 is 1.27 bits per heavy atom. The average molecular weight is 216 g/mol. The fourth-order valence-electron chi connectivity index (χ4n) is 1.62. The van der Waals surface area contributed by atoms with Gasteiger partial charge < -0.3 is 5.11 Å². The van der Waals surface area contributed by atoms with Crippen LogP contribution >= 0.6 is 0 Å². The summed E-state index contributed by atoms with van der Waals surface area (Å²) < 4.78 is 37.3. The predicted octanol–water partition coefficient (Wildman–Crippen LogP) is 3.36. The number of phenols is 1. The van der Waals surface area contributed by atoms with E-state index in [0.29, 0.717) is 17.9 Å². The predicted molar refractivity (Wildman–Crippen MR) is 49.5 cm³/mol. The fraction of sp³-hybridized carbons (Fsp3) is 0.455. The first-order chi connectivity index (χ1) is 6.98. The molecule has 0 radical (unpaired) electrons. The van der Waals surface area contributed by atoms with E-state index < -0.39 is 17.5 Å². The molecule has 0 unspecified atom stereocenters. The lowest BCUT2D eigenvalue weighted by Crippen LogP contribution is -2.06. The zero-order valence-electron chi connectivity index (χ0n) is 8.01. The van der Waals surface area contributed by atoms with Crippen LogP contribution in [0.4, 0.5) is 13.2 Å². The third kappa shape index (κ3) is 2.25. The van der Waals surface area contributed by atoms with E-state index in [-0.39, 0.29) is 0 Å². The van der Waals surface area contributed by atoms with Crippen molar-refractivity contribution in [1.82, 2.24) is 0 Å². The first-order valence-corrected chi connectivity index (χ1v) is 4.86. The lowest BCUT2D eigenvalue weighted by atomic mass is 10.0. The zero-order valence-corrected chi connectivity index (χ0v) is 8.01. The van der Waals surface area contributed by atoms with Crippen LogP contribution in [0.2, 0.25) is 0 Å². The average Bonchev–Trinajstić information content (AvgIpc) is 2.90. The summed E-state index contributed by atoms with van der Waals surface area (Å²) in [5, 5.41) is 9.48. The first kappa shape index (κ1) is 10.3. The van der Waals surface area contributed by atoms with Crippen LogP contribution in [0.5, 0.6) is 5.75 Å². The van der Waals surface area contributed by atoms with Gasteiger partial charge in [-0.25, -0.2) is 0 Å². The molecule has 0 atom stereocenters. The van der Waals surface area contributed by atoms with Crippen LogP contribution in [-0.4, -0.2) is 5.11 Å². The Labute approximate surface area is 85.5 Å². The molecule has 0 heterocycles. The van der Waals surface area contributed by atoms with Crippen LogP contribution in [0.15, 0.2) is 18.2 Å². The number of para-hydroxylation sites is 1. The SMILES string of the molecule is Oc1c(CC2CC2)cccc1C(F)(F)F. The topological polar surface area (TPSA) is 20.2 Å². The molecule has 2 rings (SSSR count). The van der Waals surface area contributed by atoms with Gasteiger partial charge in [-0.15, -0.1) is 0 Å². The van der Waals surface area contributed by atoms with E-state index in [1.165, 1.54) is 6.07 Å². The maximum atomic E-state index is 12.4. The number of hydrogen-bond acceptors (Lipinski definition) is 1. The van der Waals surface area contributed by atoms with Crippen molar-refractivity contribution < 1.29 is 18.3 Å². The van der Waals surface area contributed by atoms with E-state index in [9.17, 15) is 18.3 Å². The second kappa shape index (κ2) is 3.43. The molecule has 1 nitrogen and oxygen atoms in total. The van der Waals surface area contributed by atoms with Gasteiger partial charge in [-0.05, 0) is 36.8 Å². The Morgan fingerprint density at radius 2 is 1.93 bits per heavy atom. The molecule has 0 aromatic heterocycles. The minimum Gasteiger partial charge on any atom is -0.507 e. The minimum absolute atomic E-state index is 0.410. The summed E-state index contributed by atoms with van der Waals surface area (Å²) in [5.74, 6) is -0.142. The molecule has 0 spiro atoms. The maximum Gasteiger partial charge on any atom is 0.419 e. The Balaban J connectivity index is 2.31. The van der Waals surface area contributed by atoms with Gasteiger partial charge in [-0.3, -0.25) is 0 Å². The molecule has 1 aromatic rings. The van der Waals surface area contributed by atoms with E-state index in [0.717, 1.165) is 18.9 Å². The van der Waals surface area contributed by atoms with Crippen molar-refractivity contribution >= 4 is 0 Å². The van der Waals surface area contributed by atoms with Gasteiger partial charge in [0.2, 0.25) is 0 Å². The largest absolute Gasteiger partial charge is 0.507 e. The number of halogens is 3. The summed E-state index contributed by atoms with van der Waals surface area (Å²) in [4.78, 5) is 0. The summed E-state index contributed by atoms with van der Waals surface area (Å²) in [6.45, 7) is 0. The minimum atomic E-state index is -4.47. The van der Waals surface area contributed by atoms with Crippen LogP contribution < -0.4 is 0 Å². The third-order valence-electron chi connectivity index (χ3n) is 2.63. The van der Waals surface area contributed by atoms with Gasteiger partial charge in [-0.2, -0.15) is 13.2 Å². The molecule has 1 N–H and O–H groups in total. The van der Waals surface area contributed by atoms with E-state index in [4.69, 9.17) is 0 Å². The van der Waals surface area contributed by atoms with Gasteiger partial charge in [0.15, 0.2) is 0 Å². The van der Waals surface area contributed by atoms with Crippen molar-refractivity contribution in [2.24, 2.45) is 5.92 Å². The normalized spacial score (nSPS) is 16.7. The molecule has 1 aliphatic rings. The van der Waals surface area contributed by atoms with Gasteiger partial charge in [0, 0.05) is 0 Å². The second-order valence-electron chi connectivity index (χ2n) is 3.96. The van der Waals surface area contributed by atoms with Crippen molar-refractivity contribution in [2.75, 3.05) is 0 Å². The first-order valence-electron chi connectivity index (χ1n) is 4.86. The molecule has 0 amide bonds. The Morgan fingerprint density at radius 3 is 2.47 bits per heavy atom. The van der Waals surface area contributed by atoms with E-state index >= 15 is 0 Å². The van der Waals surface area contributed by atoms with Gasteiger partial charge in [0.1, 0.15) is 5.75 Å². The van der Waals surface area contributed by atoms with Crippen molar-refractivity contribution in [2.45, 2.75) is 25.4 Å². The van der Waals surface area contributed by atoms with Crippen LogP contribution in [0.25, 0.3) is 0 Å². The summed E-state index contributed by atoms with van der Waals surface area (Å²) in [6, 6.07) is 3.81. The zero-order chi connectivity index (χ0) is 11.1.